The van der Waals surface area contributed by atoms with Gasteiger partial charge in [0.1, 0.15) is 0 Å². The second-order valence-corrected chi connectivity index (χ2v) is 3.48. The molecular weight excluding hydrogens is 172 g/mol. The van der Waals surface area contributed by atoms with E-state index in [0.717, 1.165) is 0 Å². The molecule has 0 radical (unpaired) electrons. The average Bonchev–Trinajstić information content (AvgIpc) is 1.96. The van der Waals surface area contributed by atoms with Crippen LogP contribution < -0.4 is 0 Å². The van der Waals surface area contributed by atoms with Crippen molar-refractivity contribution < 1.29 is 19.4 Å². The van der Waals surface area contributed by atoms with Gasteiger partial charge in [-0.25, -0.2) is 0 Å². The Morgan fingerprint density at radius 1 is 1.46 bits per heavy atom. The molecule has 2 aliphatic rings. The van der Waals surface area contributed by atoms with Crippen LogP contribution in [0, 0.1) is 5.92 Å². The molecule has 1 heterocycles. The van der Waals surface area contributed by atoms with Crippen molar-refractivity contribution in [1.29, 1.82) is 0 Å². The lowest BCUT2D eigenvalue weighted by molar-refractivity contribution is -0.392. The molecule has 72 valence electrons. The highest BCUT2D eigenvalue weighted by Gasteiger charge is 2.37. The number of rotatable bonds is 1. The van der Waals surface area contributed by atoms with Gasteiger partial charge in [-0.1, -0.05) is 0 Å². The molecule has 1 atom stereocenters. The Hall–Kier alpha value is -0.870. The third-order valence-corrected chi connectivity index (χ3v) is 2.30. The van der Waals surface area contributed by atoms with Crippen molar-refractivity contribution in [3.63, 3.8) is 0 Å². The Kier molecular flexibility index (Phi) is 2.09. The predicted octanol–water partition coefficient (Wildman–Crippen LogP) is 1.13. The summed E-state index contributed by atoms with van der Waals surface area (Å²) in [4.78, 5) is 11.1. The summed E-state index contributed by atoms with van der Waals surface area (Å²) in [5, 5.41) is 9.21. The van der Waals surface area contributed by atoms with Crippen LogP contribution in [0.3, 0.4) is 0 Å². The minimum Gasteiger partial charge on any atom is -0.512 e. The quantitative estimate of drug-likeness (QED) is 0.663. The summed E-state index contributed by atoms with van der Waals surface area (Å²) < 4.78 is 10.5. The number of ketones is 1. The predicted molar refractivity (Wildman–Crippen MR) is 43.9 cm³/mol. The Balaban J connectivity index is 1.95. The Labute approximate surface area is 76.1 Å². The third-order valence-electron chi connectivity index (χ3n) is 2.30. The average molecular weight is 184 g/mol. The van der Waals surface area contributed by atoms with E-state index in [1.807, 2.05) is 0 Å². The molecule has 1 aliphatic heterocycles. The van der Waals surface area contributed by atoms with Crippen LogP contribution in [0.15, 0.2) is 11.8 Å². The van der Waals surface area contributed by atoms with E-state index >= 15 is 0 Å². The maximum atomic E-state index is 11.1. The molecule has 1 unspecified atom stereocenters. The van der Waals surface area contributed by atoms with Gasteiger partial charge < -0.3 is 14.6 Å². The van der Waals surface area contributed by atoms with E-state index in [1.54, 1.807) is 6.92 Å². The summed E-state index contributed by atoms with van der Waals surface area (Å²) in [7, 11) is 0. The van der Waals surface area contributed by atoms with Crippen molar-refractivity contribution in [2.75, 3.05) is 0 Å². The Bertz CT molecular complexity index is 252. The van der Waals surface area contributed by atoms with Crippen LogP contribution in [0.1, 0.15) is 19.8 Å². The monoisotopic (exact) mass is 184 g/mol. The molecule has 1 saturated heterocycles. The Morgan fingerprint density at radius 3 is 2.69 bits per heavy atom. The van der Waals surface area contributed by atoms with Crippen LogP contribution in [-0.4, -0.2) is 23.5 Å². The zero-order valence-corrected chi connectivity index (χ0v) is 7.40. The minimum absolute atomic E-state index is 0.0197. The highest BCUT2D eigenvalue weighted by Crippen LogP contribution is 2.32. The van der Waals surface area contributed by atoms with Crippen molar-refractivity contribution in [2.24, 2.45) is 5.92 Å². The molecule has 4 nitrogen and oxygen atoms in total. The lowest BCUT2D eigenvalue weighted by Gasteiger charge is -2.39. The van der Waals surface area contributed by atoms with E-state index in [1.165, 1.54) is 6.08 Å². The van der Waals surface area contributed by atoms with Crippen molar-refractivity contribution in [3.8, 4) is 0 Å². The smallest absolute Gasteiger partial charge is 0.167 e. The lowest BCUT2D eigenvalue weighted by Crippen LogP contribution is -2.45. The van der Waals surface area contributed by atoms with Crippen LogP contribution in [0.2, 0.25) is 0 Å². The van der Waals surface area contributed by atoms with Gasteiger partial charge in [-0.3, -0.25) is 4.79 Å². The van der Waals surface area contributed by atoms with E-state index in [-0.39, 0.29) is 30.0 Å². The van der Waals surface area contributed by atoms with Crippen molar-refractivity contribution in [1.82, 2.24) is 0 Å². The molecule has 1 aliphatic carbocycles. The molecule has 0 spiro atoms. The SMILES string of the molecule is CC1OC(C2CC(=O)C=C(O)C2)O1. The highest BCUT2D eigenvalue weighted by atomic mass is 16.9. The van der Waals surface area contributed by atoms with Gasteiger partial charge >= 0.3 is 0 Å². The lowest BCUT2D eigenvalue weighted by atomic mass is 9.91. The normalized spacial score (nSPS) is 39.6. The van der Waals surface area contributed by atoms with Crippen LogP contribution in [-0.2, 0) is 14.3 Å². The summed E-state index contributed by atoms with van der Waals surface area (Å²) in [6.45, 7) is 1.80. The maximum Gasteiger partial charge on any atom is 0.167 e. The number of hydrogen-bond acceptors (Lipinski definition) is 4. The van der Waals surface area contributed by atoms with E-state index in [4.69, 9.17) is 9.47 Å². The number of ether oxygens (including phenoxy) is 2. The molecule has 0 aromatic heterocycles. The van der Waals surface area contributed by atoms with E-state index < -0.39 is 0 Å². The van der Waals surface area contributed by atoms with Gasteiger partial charge in [0, 0.05) is 24.8 Å². The topological polar surface area (TPSA) is 55.8 Å². The van der Waals surface area contributed by atoms with Gasteiger partial charge in [-0.05, 0) is 6.92 Å². The summed E-state index contributed by atoms with van der Waals surface area (Å²) in [6, 6.07) is 0. The van der Waals surface area contributed by atoms with Crippen molar-refractivity contribution in [3.05, 3.63) is 11.8 Å². The first kappa shape index (κ1) is 8.72. The molecule has 0 aromatic rings. The molecule has 0 saturated carbocycles. The van der Waals surface area contributed by atoms with E-state index in [9.17, 15) is 9.90 Å². The number of allylic oxidation sites excluding steroid dienone is 2. The summed E-state index contributed by atoms with van der Waals surface area (Å²) in [6.07, 6.45) is 1.67. The molecule has 13 heavy (non-hydrogen) atoms. The molecule has 1 fully saturated rings. The molecule has 0 aromatic carbocycles. The van der Waals surface area contributed by atoms with Gasteiger partial charge in [0.05, 0.1) is 5.76 Å². The fourth-order valence-corrected chi connectivity index (χ4v) is 1.71. The first-order chi connectivity index (χ1) is 6.15. The number of aliphatic hydroxyl groups excluding tert-OH is 1. The zero-order chi connectivity index (χ0) is 9.42. The van der Waals surface area contributed by atoms with Crippen molar-refractivity contribution >= 4 is 5.78 Å². The van der Waals surface area contributed by atoms with E-state index in [0.29, 0.717) is 12.8 Å². The second kappa shape index (κ2) is 3.12. The van der Waals surface area contributed by atoms with Crippen LogP contribution in [0.25, 0.3) is 0 Å². The molecular formula is C9H12O4. The van der Waals surface area contributed by atoms with E-state index in [2.05, 4.69) is 0 Å². The Morgan fingerprint density at radius 2 is 2.15 bits per heavy atom. The maximum absolute atomic E-state index is 11.1. The molecule has 0 amide bonds. The number of carbonyl (C=O) groups is 1. The summed E-state index contributed by atoms with van der Waals surface area (Å²) >= 11 is 0. The van der Waals surface area contributed by atoms with Gasteiger partial charge in [0.2, 0.25) is 0 Å². The highest BCUT2D eigenvalue weighted by molar-refractivity contribution is 5.91. The van der Waals surface area contributed by atoms with Crippen LogP contribution in [0.5, 0.6) is 0 Å². The third kappa shape index (κ3) is 1.73. The van der Waals surface area contributed by atoms with Crippen LogP contribution >= 0.6 is 0 Å². The van der Waals surface area contributed by atoms with Crippen LogP contribution in [0.4, 0.5) is 0 Å². The van der Waals surface area contributed by atoms with Gasteiger partial charge in [0.15, 0.2) is 18.4 Å². The van der Waals surface area contributed by atoms with Crippen molar-refractivity contribution in [2.45, 2.75) is 32.3 Å². The molecule has 0 bridgehead atoms. The fraction of sp³-hybridized carbons (Fsp3) is 0.667. The van der Waals surface area contributed by atoms with Gasteiger partial charge in [0.25, 0.3) is 0 Å². The summed E-state index contributed by atoms with van der Waals surface area (Å²) in [5.74, 6) is 0.0576. The largest absolute Gasteiger partial charge is 0.512 e. The second-order valence-electron chi connectivity index (χ2n) is 3.48. The van der Waals surface area contributed by atoms with Gasteiger partial charge in [-0.2, -0.15) is 0 Å². The number of hydrogen-bond donors (Lipinski definition) is 1. The molecule has 1 N–H and O–H groups in total. The minimum atomic E-state index is -0.310. The zero-order valence-electron chi connectivity index (χ0n) is 7.40. The number of aliphatic hydroxyl groups is 1. The first-order valence-electron chi connectivity index (χ1n) is 4.38. The molecule has 4 heteroatoms. The standard InChI is InChI=1S/C9H12O4/c1-5-12-9(13-5)6-2-7(10)4-8(11)3-6/h4-6,9-10H,2-3H2,1H3. The fourth-order valence-electron chi connectivity index (χ4n) is 1.71. The number of carbonyl (C=O) groups excluding carboxylic acids is 1. The summed E-state index contributed by atoms with van der Waals surface area (Å²) in [5.41, 5.74) is 0. The first-order valence-corrected chi connectivity index (χ1v) is 4.38. The molecule has 2 rings (SSSR count). The van der Waals surface area contributed by atoms with Gasteiger partial charge in [-0.15, -0.1) is 0 Å².